The van der Waals surface area contributed by atoms with E-state index in [1.807, 2.05) is 12.1 Å². The van der Waals surface area contributed by atoms with Gasteiger partial charge in [0.05, 0.1) is 19.2 Å². The van der Waals surface area contributed by atoms with Crippen LogP contribution in [0.15, 0.2) is 12.1 Å². The molecule has 108 valence electrons. The fraction of sp³-hybridized carbons (Fsp3) is 0.571. The Bertz CT molecular complexity index is 399. The van der Waals surface area contributed by atoms with Crippen LogP contribution in [0.2, 0.25) is 5.02 Å². The third-order valence-electron chi connectivity index (χ3n) is 2.82. The van der Waals surface area contributed by atoms with Gasteiger partial charge in [0, 0.05) is 26.8 Å². The molecule has 4 nitrogen and oxygen atoms in total. The van der Waals surface area contributed by atoms with Gasteiger partial charge in [0.15, 0.2) is 11.5 Å². The number of nitrogens with one attached hydrogen (secondary N) is 1. The molecular weight excluding hydrogens is 266 g/mol. The highest BCUT2D eigenvalue weighted by Crippen LogP contribution is 2.37. The van der Waals surface area contributed by atoms with E-state index in [1.54, 1.807) is 21.3 Å². The molecule has 0 aromatic heterocycles. The minimum absolute atomic E-state index is 0.462. The van der Waals surface area contributed by atoms with Gasteiger partial charge in [-0.25, -0.2) is 0 Å². The van der Waals surface area contributed by atoms with Crippen molar-refractivity contribution in [1.29, 1.82) is 0 Å². The monoisotopic (exact) mass is 287 g/mol. The van der Waals surface area contributed by atoms with Crippen molar-refractivity contribution in [2.24, 2.45) is 5.92 Å². The van der Waals surface area contributed by atoms with Crippen LogP contribution in [0.3, 0.4) is 0 Å². The maximum atomic E-state index is 6.30. The quantitative estimate of drug-likeness (QED) is 0.798. The molecular formula is C14H22ClNO3. The summed E-state index contributed by atoms with van der Waals surface area (Å²) in [5.41, 5.74) is 0.990. The molecule has 1 aromatic rings. The molecule has 1 rings (SSSR count). The lowest BCUT2D eigenvalue weighted by Crippen LogP contribution is -2.23. The second-order valence-corrected chi connectivity index (χ2v) is 4.84. The summed E-state index contributed by atoms with van der Waals surface area (Å²) in [6.45, 7) is 4.44. The summed E-state index contributed by atoms with van der Waals surface area (Å²) < 4.78 is 15.6. The van der Waals surface area contributed by atoms with Gasteiger partial charge in [-0.3, -0.25) is 0 Å². The zero-order chi connectivity index (χ0) is 14.3. The van der Waals surface area contributed by atoms with E-state index < -0.39 is 0 Å². The van der Waals surface area contributed by atoms with Crippen molar-refractivity contribution in [2.75, 3.05) is 34.5 Å². The highest BCUT2D eigenvalue weighted by molar-refractivity contribution is 6.33. The lowest BCUT2D eigenvalue weighted by atomic mass is 10.1. The molecule has 1 N–H and O–H groups in total. The molecule has 0 fully saturated rings. The largest absolute Gasteiger partial charge is 0.493 e. The highest BCUT2D eigenvalue weighted by Gasteiger charge is 2.12. The van der Waals surface area contributed by atoms with Crippen LogP contribution in [0.1, 0.15) is 12.5 Å². The van der Waals surface area contributed by atoms with Crippen LogP contribution >= 0.6 is 11.6 Å². The van der Waals surface area contributed by atoms with Gasteiger partial charge in [-0.1, -0.05) is 24.6 Å². The van der Waals surface area contributed by atoms with Crippen LogP contribution in [-0.4, -0.2) is 34.5 Å². The predicted octanol–water partition coefficient (Wildman–Crippen LogP) is 2.73. The summed E-state index contributed by atoms with van der Waals surface area (Å²) in [7, 11) is 4.89. The molecule has 0 heterocycles. The van der Waals surface area contributed by atoms with E-state index in [9.17, 15) is 0 Å². The zero-order valence-electron chi connectivity index (χ0n) is 12.0. The van der Waals surface area contributed by atoms with E-state index in [2.05, 4.69) is 12.2 Å². The Morgan fingerprint density at radius 2 is 1.95 bits per heavy atom. The standard InChI is InChI=1S/C14H22ClNO3/c1-10(9-17-2)7-16-8-11-5-6-12(18-3)14(19-4)13(11)15/h5-6,10,16H,7-9H2,1-4H3. The summed E-state index contributed by atoms with van der Waals surface area (Å²) >= 11 is 6.30. The first-order valence-electron chi connectivity index (χ1n) is 6.23. The van der Waals surface area contributed by atoms with Gasteiger partial charge in [0.1, 0.15) is 0 Å². The molecule has 0 aliphatic heterocycles. The molecule has 0 spiro atoms. The van der Waals surface area contributed by atoms with E-state index in [4.69, 9.17) is 25.8 Å². The van der Waals surface area contributed by atoms with E-state index >= 15 is 0 Å². The minimum atomic E-state index is 0.462. The van der Waals surface area contributed by atoms with Gasteiger partial charge >= 0.3 is 0 Å². The number of methoxy groups -OCH3 is 3. The highest BCUT2D eigenvalue weighted by atomic mass is 35.5. The molecule has 5 heteroatoms. The third-order valence-corrected chi connectivity index (χ3v) is 3.24. The predicted molar refractivity (Wildman–Crippen MR) is 77.3 cm³/mol. The summed E-state index contributed by atoms with van der Waals surface area (Å²) in [6, 6.07) is 3.80. The second kappa shape index (κ2) is 8.25. The minimum Gasteiger partial charge on any atom is -0.493 e. The summed E-state index contributed by atoms with van der Waals surface area (Å²) in [5, 5.41) is 3.95. The SMILES string of the molecule is COCC(C)CNCc1ccc(OC)c(OC)c1Cl. The van der Waals surface area contributed by atoms with Gasteiger partial charge in [0.2, 0.25) is 0 Å². The average Bonchev–Trinajstić information content (AvgIpc) is 2.40. The van der Waals surface area contributed by atoms with Crippen molar-refractivity contribution >= 4 is 11.6 Å². The number of rotatable bonds is 8. The van der Waals surface area contributed by atoms with E-state index in [0.29, 0.717) is 29.0 Å². The molecule has 0 bridgehead atoms. The van der Waals surface area contributed by atoms with Gasteiger partial charge < -0.3 is 19.5 Å². The van der Waals surface area contributed by atoms with Crippen molar-refractivity contribution in [3.05, 3.63) is 22.7 Å². The first-order chi connectivity index (χ1) is 9.13. The number of hydrogen-bond acceptors (Lipinski definition) is 4. The average molecular weight is 288 g/mol. The number of benzene rings is 1. The van der Waals surface area contributed by atoms with E-state index in [0.717, 1.165) is 18.7 Å². The number of halogens is 1. The van der Waals surface area contributed by atoms with Crippen molar-refractivity contribution in [2.45, 2.75) is 13.5 Å². The number of ether oxygens (including phenoxy) is 3. The Hall–Kier alpha value is -0.970. The molecule has 1 atom stereocenters. The van der Waals surface area contributed by atoms with Gasteiger partial charge in [-0.2, -0.15) is 0 Å². The van der Waals surface area contributed by atoms with E-state index in [-0.39, 0.29) is 0 Å². The van der Waals surface area contributed by atoms with Gasteiger partial charge in [0.25, 0.3) is 0 Å². The first kappa shape index (κ1) is 16.1. The maximum absolute atomic E-state index is 6.30. The smallest absolute Gasteiger partial charge is 0.179 e. The van der Waals surface area contributed by atoms with Crippen molar-refractivity contribution in [3.63, 3.8) is 0 Å². The maximum Gasteiger partial charge on any atom is 0.179 e. The lowest BCUT2D eigenvalue weighted by molar-refractivity contribution is 0.158. The van der Waals surface area contributed by atoms with Gasteiger partial charge in [-0.15, -0.1) is 0 Å². The summed E-state index contributed by atoms with van der Waals surface area (Å²) in [6.07, 6.45) is 0. The van der Waals surface area contributed by atoms with Crippen LogP contribution in [0.5, 0.6) is 11.5 Å². The van der Waals surface area contributed by atoms with Crippen LogP contribution < -0.4 is 14.8 Å². The molecule has 0 saturated carbocycles. The van der Waals surface area contributed by atoms with Gasteiger partial charge in [-0.05, 0) is 17.5 Å². The Morgan fingerprint density at radius 3 is 2.53 bits per heavy atom. The Balaban J connectivity index is 2.64. The molecule has 19 heavy (non-hydrogen) atoms. The van der Waals surface area contributed by atoms with Crippen LogP contribution in [0.4, 0.5) is 0 Å². The molecule has 0 amide bonds. The Kier molecular flexibility index (Phi) is 6.99. The molecule has 1 aromatic carbocycles. The van der Waals surface area contributed by atoms with Crippen LogP contribution in [-0.2, 0) is 11.3 Å². The fourth-order valence-electron chi connectivity index (χ4n) is 1.86. The summed E-state index contributed by atoms with van der Waals surface area (Å²) in [5.74, 6) is 1.68. The zero-order valence-corrected chi connectivity index (χ0v) is 12.7. The molecule has 1 unspecified atom stereocenters. The molecule has 0 aliphatic rings. The Labute approximate surface area is 120 Å². The van der Waals surface area contributed by atoms with E-state index in [1.165, 1.54) is 0 Å². The third kappa shape index (κ3) is 4.56. The normalized spacial score (nSPS) is 12.3. The van der Waals surface area contributed by atoms with Crippen LogP contribution in [0.25, 0.3) is 0 Å². The summed E-state index contributed by atoms with van der Waals surface area (Å²) in [4.78, 5) is 0. The Morgan fingerprint density at radius 1 is 1.21 bits per heavy atom. The fourth-order valence-corrected chi connectivity index (χ4v) is 2.16. The van der Waals surface area contributed by atoms with Crippen molar-refractivity contribution < 1.29 is 14.2 Å². The number of hydrogen-bond donors (Lipinski definition) is 1. The lowest BCUT2D eigenvalue weighted by Gasteiger charge is -2.15. The molecule has 0 aliphatic carbocycles. The molecule has 0 saturated heterocycles. The topological polar surface area (TPSA) is 39.7 Å². The first-order valence-corrected chi connectivity index (χ1v) is 6.60. The van der Waals surface area contributed by atoms with Crippen molar-refractivity contribution in [1.82, 2.24) is 5.32 Å². The molecule has 0 radical (unpaired) electrons. The van der Waals surface area contributed by atoms with Crippen LogP contribution in [0, 0.1) is 5.92 Å². The second-order valence-electron chi connectivity index (χ2n) is 4.47. The van der Waals surface area contributed by atoms with Crippen molar-refractivity contribution in [3.8, 4) is 11.5 Å².